The minimum atomic E-state index is -0.0474. The molecule has 5 heteroatoms. The van der Waals surface area contributed by atoms with E-state index in [1.165, 1.54) is 6.92 Å². The zero-order chi connectivity index (χ0) is 16.8. The Morgan fingerprint density at radius 2 is 1.88 bits per heavy atom. The molecule has 2 aromatic heterocycles. The molecule has 120 valence electrons. The Bertz CT molecular complexity index is 1090. The molecule has 0 atom stereocenters. The van der Waals surface area contributed by atoms with Gasteiger partial charge in [-0.05, 0) is 36.4 Å². The van der Waals surface area contributed by atoms with Crippen LogP contribution in [0.1, 0.15) is 11.7 Å². The summed E-state index contributed by atoms with van der Waals surface area (Å²) in [4.78, 5) is 11.7. The lowest BCUT2D eigenvalue weighted by Gasteiger charge is -2.07. The van der Waals surface area contributed by atoms with Crippen molar-refractivity contribution < 1.29 is 14.6 Å². The van der Waals surface area contributed by atoms with Crippen LogP contribution >= 0.6 is 0 Å². The van der Waals surface area contributed by atoms with Crippen LogP contribution in [-0.4, -0.2) is 27.3 Å². The molecule has 4 rings (SSSR count). The average molecular weight is 320 g/mol. The van der Waals surface area contributed by atoms with E-state index in [1.807, 2.05) is 42.6 Å². The second kappa shape index (κ2) is 5.16. The number of rotatable bonds is 2. The summed E-state index contributed by atoms with van der Waals surface area (Å²) >= 11 is 0. The molecular weight excluding hydrogens is 304 g/mol. The number of fused-ring (bicyclic) bond motifs is 2. The zero-order valence-electron chi connectivity index (χ0n) is 13.4. The number of methoxy groups -OCH3 is 1. The fraction of sp³-hybridized carbons (Fsp3) is 0.105. The van der Waals surface area contributed by atoms with Crippen LogP contribution in [0, 0.1) is 0 Å². The number of aromatic nitrogens is 2. The van der Waals surface area contributed by atoms with Crippen LogP contribution in [0.4, 0.5) is 0 Å². The monoisotopic (exact) mass is 320 g/mol. The number of hydrogen-bond acceptors (Lipinski definition) is 3. The maximum Gasteiger partial charge on any atom is 0.227 e. The molecule has 0 saturated heterocycles. The number of aromatic hydroxyl groups is 1. The molecule has 0 aliphatic heterocycles. The molecule has 0 radical (unpaired) electrons. The lowest BCUT2D eigenvalue weighted by molar-refractivity contribution is 0.0941. The normalized spacial score (nSPS) is 11.2. The van der Waals surface area contributed by atoms with E-state index in [1.54, 1.807) is 28.5 Å². The summed E-state index contributed by atoms with van der Waals surface area (Å²) in [7, 11) is 1.60. The molecule has 5 nitrogen and oxygen atoms in total. The molecule has 0 unspecified atom stereocenters. The van der Waals surface area contributed by atoms with E-state index in [4.69, 9.17) is 4.74 Å². The molecule has 0 bridgehead atoms. The maximum absolute atomic E-state index is 11.7. The number of benzene rings is 2. The third-order valence-corrected chi connectivity index (χ3v) is 4.29. The SMILES string of the molecule is COc1ccc2cn(-c3ccc4ccn(C(C)=O)c4c3)c(O)c2c1. The number of carbonyl (C=O) groups excluding carboxylic acids is 1. The van der Waals surface area contributed by atoms with Crippen molar-refractivity contribution in [3.8, 4) is 17.3 Å². The van der Waals surface area contributed by atoms with E-state index in [0.717, 1.165) is 27.4 Å². The fourth-order valence-corrected chi connectivity index (χ4v) is 3.04. The number of hydrogen-bond donors (Lipinski definition) is 1. The van der Waals surface area contributed by atoms with Gasteiger partial charge in [0.25, 0.3) is 0 Å². The third kappa shape index (κ3) is 2.06. The number of carbonyl (C=O) groups is 1. The zero-order valence-corrected chi connectivity index (χ0v) is 13.4. The summed E-state index contributed by atoms with van der Waals surface area (Å²) in [5.74, 6) is 0.786. The highest BCUT2D eigenvalue weighted by molar-refractivity contribution is 5.93. The molecule has 24 heavy (non-hydrogen) atoms. The van der Waals surface area contributed by atoms with Gasteiger partial charge in [-0.3, -0.25) is 13.9 Å². The van der Waals surface area contributed by atoms with E-state index in [-0.39, 0.29) is 11.8 Å². The Kier molecular flexibility index (Phi) is 3.09. The van der Waals surface area contributed by atoms with Gasteiger partial charge >= 0.3 is 0 Å². The summed E-state index contributed by atoms with van der Waals surface area (Å²) in [6, 6.07) is 13.2. The van der Waals surface area contributed by atoms with E-state index < -0.39 is 0 Å². The lowest BCUT2D eigenvalue weighted by Crippen LogP contribution is -2.03. The predicted molar refractivity (Wildman–Crippen MR) is 93.3 cm³/mol. The third-order valence-electron chi connectivity index (χ3n) is 4.29. The summed E-state index contributed by atoms with van der Waals surface area (Å²) in [5.41, 5.74) is 1.60. The number of ether oxygens (including phenoxy) is 1. The summed E-state index contributed by atoms with van der Waals surface area (Å²) in [5, 5.41) is 13.2. The van der Waals surface area contributed by atoms with Crippen molar-refractivity contribution in [2.75, 3.05) is 7.11 Å². The molecule has 2 heterocycles. The van der Waals surface area contributed by atoms with E-state index in [2.05, 4.69) is 0 Å². The minimum absolute atomic E-state index is 0.0474. The van der Waals surface area contributed by atoms with E-state index in [0.29, 0.717) is 5.75 Å². The van der Waals surface area contributed by atoms with E-state index in [9.17, 15) is 9.90 Å². The van der Waals surface area contributed by atoms with Crippen molar-refractivity contribution in [3.63, 3.8) is 0 Å². The molecule has 4 aromatic rings. The molecule has 0 fully saturated rings. The van der Waals surface area contributed by atoms with Gasteiger partial charge in [-0.25, -0.2) is 0 Å². The first-order valence-electron chi connectivity index (χ1n) is 7.59. The van der Waals surface area contributed by atoms with Crippen LogP contribution in [0.15, 0.2) is 54.9 Å². The van der Waals surface area contributed by atoms with Crippen molar-refractivity contribution in [1.82, 2.24) is 9.13 Å². The summed E-state index contributed by atoms with van der Waals surface area (Å²) < 4.78 is 8.53. The van der Waals surface area contributed by atoms with Gasteiger partial charge in [-0.2, -0.15) is 0 Å². The van der Waals surface area contributed by atoms with Crippen LogP contribution in [0.2, 0.25) is 0 Å². The van der Waals surface area contributed by atoms with Crippen LogP contribution < -0.4 is 4.74 Å². The molecule has 0 aliphatic carbocycles. The molecule has 0 saturated carbocycles. The quantitative estimate of drug-likeness (QED) is 0.608. The second-order valence-corrected chi connectivity index (χ2v) is 5.72. The highest BCUT2D eigenvalue weighted by Gasteiger charge is 2.12. The Balaban J connectivity index is 1.93. The van der Waals surface area contributed by atoms with Crippen molar-refractivity contribution in [1.29, 1.82) is 0 Å². The molecular formula is C19H16N2O3. The van der Waals surface area contributed by atoms with Crippen molar-refractivity contribution in [3.05, 3.63) is 54.9 Å². The van der Waals surface area contributed by atoms with Crippen LogP contribution in [0.3, 0.4) is 0 Å². The Hall–Kier alpha value is -3.21. The first kappa shape index (κ1) is 14.4. The van der Waals surface area contributed by atoms with Gasteiger partial charge in [0.2, 0.25) is 11.8 Å². The van der Waals surface area contributed by atoms with Crippen molar-refractivity contribution in [2.24, 2.45) is 0 Å². The van der Waals surface area contributed by atoms with Gasteiger partial charge in [0, 0.05) is 35.5 Å². The van der Waals surface area contributed by atoms with Gasteiger partial charge in [0.05, 0.1) is 18.3 Å². The Labute approximate surface area is 138 Å². The first-order valence-corrected chi connectivity index (χ1v) is 7.59. The molecule has 0 spiro atoms. The summed E-state index contributed by atoms with van der Waals surface area (Å²) in [6.45, 7) is 1.53. The molecule has 0 aliphatic rings. The fourth-order valence-electron chi connectivity index (χ4n) is 3.04. The minimum Gasteiger partial charge on any atom is -0.497 e. The maximum atomic E-state index is 11.7. The first-order chi connectivity index (χ1) is 11.6. The van der Waals surface area contributed by atoms with Gasteiger partial charge < -0.3 is 9.84 Å². The Morgan fingerprint density at radius 1 is 1.08 bits per heavy atom. The molecule has 1 N–H and O–H groups in total. The van der Waals surface area contributed by atoms with Crippen LogP contribution in [0.25, 0.3) is 27.4 Å². The van der Waals surface area contributed by atoms with Crippen molar-refractivity contribution >= 4 is 27.6 Å². The van der Waals surface area contributed by atoms with Crippen LogP contribution in [0.5, 0.6) is 11.6 Å². The topological polar surface area (TPSA) is 56.4 Å². The standard InChI is InChI=1S/C19H16N2O3/c1-12(22)20-8-7-13-3-5-15(9-18(13)20)21-11-14-4-6-16(24-2)10-17(14)19(21)23/h3-11,23H,1-2H3. The number of nitrogens with zero attached hydrogens (tertiary/aromatic N) is 2. The van der Waals surface area contributed by atoms with E-state index >= 15 is 0 Å². The highest BCUT2D eigenvalue weighted by atomic mass is 16.5. The Morgan fingerprint density at radius 3 is 2.62 bits per heavy atom. The smallest absolute Gasteiger partial charge is 0.227 e. The van der Waals surface area contributed by atoms with Gasteiger partial charge in [0.1, 0.15) is 5.75 Å². The van der Waals surface area contributed by atoms with Gasteiger partial charge in [-0.1, -0.05) is 6.07 Å². The summed E-state index contributed by atoms with van der Waals surface area (Å²) in [6.07, 6.45) is 3.62. The molecule has 2 aromatic carbocycles. The average Bonchev–Trinajstić information content (AvgIpc) is 3.15. The van der Waals surface area contributed by atoms with Crippen LogP contribution in [-0.2, 0) is 0 Å². The highest BCUT2D eigenvalue weighted by Crippen LogP contribution is 2.33. The van der Waals surface area contributed by atoms with Gasteiger partial charge in [-0.15, -0.1) is 0 Å². The van der Waals surface area contributed by atoms with Gasteiger partial charge in [0.15, 0.2) is 0 Å². The molecule has 0 amide bonds. The second-order valence-electron chi connectivity index (χ2n) is 5.72. The van der Waals surface area contributed by atoms with Crippen molar-refractivity contribution in [2.45, 2.75) is 6.92 Å². The predicted octanol–water partition coefficient (Wildman–Crippen LogP) is 3.96. The lowest BCUT2D eigenvalue weighted by atomic mass is 10.2. The largest absolute Gasteiger partial charge is 0.497 e.